The molecule has 0 saturated heterocycles. The van der Waals surface area contributed by atoms with Crippen LogP contribution in [0.3, 0.4) is 0 Å². The minimum Gasteiger partial charge on any atom is -0.298 e. The van der Waals surface area contributed by atoms with E-state index in [4.69, 9.17) is 11.6 Å². The average molecular weight is 216 g/mol. The minimum atomic E-state index is 0.603. The van der Waals surface area contributed by atoms with Gasteiger partial charge in [0.1, 0.15) is 0 Å². The first kappa shape index (κ1) is 10.8. The molecular formula is C10H14ClNS. The molecule has 13 heavy (non-hydrogen) atoms. The zero-order chi connectivity index (χ0) is 9.52. The molecule has 0 amide bonds. The largest absolute Gasteiger partial charge is 0.298 e. The van der Waals surface area contributed by atoms with E-state index in [0.29, 0.717) is 5.88 Å². The van der Waals surface area contributed by atoms with E-state index in [1.54, 1.807) is 11.3 Å². The summed E-state index contributed by atoms with van der Waals surface area (Å²) in [5.41, 5.74) is 1.38. The average Bonchev–Trinajstić information content (AvgIpc) is 2.57. The van der Waals surface area contributed by atoms with Crippen LogP contribution in [0.1, 0.15) is 5.56 Å². The van der Waals surface area contributed by atoms with Gasteiger partial charge in [-0.1, -0.05) is 12.2 Å². The van der Waals surface area contributed by atoms with Gasteiger partial charge in [0.25, 0.3) is 0 Å². The summed E-state index contributed by atoms with van der Waals surface area (Å²) in [6.45, 7) is 1.97. The molecule has 3 heteroatoms. The summed E-state index contributed by atoms with van der Waals surface area (Å²) in [6.07, 6.45) is 4.07. The fourth-order valence-electron chi connectivity index (χ4n) is 1.08. The van der Waals surface area contributed by atoms with Gasteiger partial charge in [-0.15, -0.1) is 11.6 Å². The number of allylic oxidation sites excluding steroid dienone is 1. The molecule has 0 radical (unpaired) electrons. The smallest absolute Gasteiger partial charge is 0.0404 e. The predicted octanol–water partition coefficient (Wildman–Crippen LogP) is 2.97. The van der Waals surface area contributed by atoms with Crippen molar-refractivity contribution in [3.8, 4) is 0 Å². The van der Waals surface area contributed by atoms with Crippen LogP contribution in [0.15, 0.2) is 29.0 Å². The van der Waals surface area contributed by atoms with Crippen LogP contribution >= 0.6 is 22.9 Å². The normalized spacial score (nSPS) is 11.6. The van der Waals surface area contributed by atoms with Crippen molar-refractivity contribution in [1.29, 1.82) is 0 Å². The second kappa shape index (κ2) is 6.19. The van der Waals surface area contributed by atoms with E-state index in [0.717, 1.165) is 13.1 Å². The van der Waals surface area contributed by atoms with Gasteiger partial charge in [-0.2, -0.15) is 11.3 Å². The molecule has 1 aromatic heterocycles. The molecule has 1 heterocycles. The quantitative estimate of drug-likeness (QED) is 0.539. The van der Waals surface area contributed by atoms with Gasteiger partial charge in [-0.3, -0.25) is 4.90 Å². The van der Waals surface area contributed by atoms with Crippen LogP contribution in [-0.4, -0.2) is 24.4 Å². The molecule has 0 saturated carbocycles. The third-order valence-electron chi connectivity index (χ3n) is 1.71. The molecule has 0 atom stereocenters. The zero-order valence-corrected chi connectivity index (χ0v) is 9.31. The lowest BCUT2D eigenvalue weighted by molar-refractivity contribution is 0.364. The zero-order valence-electron chi connectivity index (χ0n) is 7.74. The van der Waals surface area contributed by atoms with E-state index in [2.05, 4.69) is 34.9 Å². The molecule has 0 bridgehead atoms. The molecule has 1 nitrogen and oxygen atoms in total. The maximum Gasteiger partial charge on any atom is 0.0404 e. The van der Waals surface area contributed by atoms with Crippen LogP contribution < -0.4 is 0 Å². The van der Waals surface area contributed by atoms with E-state index < -0.39 is 0 Å². The highest BCUT2D eigenvalue weighted by Crippen LogP contribution is 2.07. The Balaban J connectivity index is 2.25. The molecule has 72 valence electrons. The molecular weight excluding hydrogens is 202 g/mol. The highest BCUT2D eigenvalue weighted by atomic mass is 35.5. The summed E-state index contributed by atoms with van der Waals surface area (Å²) >= 11 is 7.27. The molecule has 1 aromatic rings. The van der Waals surface area contributed by atoms with Gasteiger partial charge in [0.2, 0.25) is 0 Å². The Morgan fingerprint density at radius 3 is 3.00 bits per heavy atom. The Labute approximate surface area is 88.6 Å². The molecule has 0 fully saturated rings. The summed E-state index contributed by atoms with van der Waals surface area (Å²) in [5, 5.41) is 4.29. The molecule has 0 aliphatic heterocycles. The highest BCUT2D eigenvalue weighted by molar-refractivity contribution is 7.07. The number of nitrogens with zero attached hydrogens (tertiary/aromatic N) is 1. The number of halogens is 1. The van der Waals surface area contributed by atoms with Crippen molar-refractivity contribution in [3.05, 3.63) is 34.5 Å². The Morgan fingerprint density at radius 1 is 1.54 bits per heavy atom. The Hall–Kier alpha value is -0.310. The number of thiophene rings is 1. The van der Waals surface area contributed by atoms with Crippen LogP contribution in [0.5, 0.6) is 0 Å². The van der Waals surface area contributed by atoms with Crippen molar-refractivity contribution in [1.82, 2.24) is 4.90 Å². The standard InChI is InChI=1S/C10H14ClNS/c1-12(6-3-2-5-11)8-10-4-7-13-9-10/h2-4,7,9H,5-6,8H2,1H3. The molecule has 0 spiro atoms. The molecule has 0 aliphatic carbocycles. The summed E-state index contributed by atoms with van der Waals surface area (Å²) in [4.78, 5) is 2.26. The van der Waals surface area contributed by atoms with E-state index in [-0.39, 0.29) is 0 Å². The van der Waals surface area contributed by atoms with E-state index in [1.807, 2.05) is 6.08 Å². The van der Waals surface area contributed by atoms with E-state index in [9.17, 15) is 0 Å². The first-order valence-electron chi connectivity index (χ1n) is 4.23. The SMILES string of the molecule is CN(CC=CCCl)Cc1ccsc1. The predicted molar refractivity (Wildman–Crippen MR) is 60.5 cm³/mol. The Morgan fingerprint density at radius 2 is 2.38 bits per heavy atom. The van der Waals surface area contributed by atoms with Crippen molar-refractivity contribution in [2.24, 2.45) is 0 Å². The van der Waals surface area contributed by atoms with Gasteiger partial charge in [-0.25, -0.2) is 0 Å². The molecule has 0 aromatic carbocycles. The molecule has 0 unspecified atom stereocenters. The number of rotatable bonds is 5. The lowest BCUT2D eigenvalue weighted by Gasteiger charge is -2.12. The monoisotopic (exact) mass is 215 g/mol. The summed E-state index contributed by atoms with van der Waals surface area (Å²) < 4.78 is 0. The van der Waals surface area contributed by atoms with Gasteiger partial charge in [-0.05, 0) is 29.4 Å². The molecule has 0 aliphatic rings. The lowest BCUT2D eigenvalue weighted by Crippen LogP contribution is -2.17. The number of alkyl halides is 1. The van der Waals surface area contributed by atoms with Gasteiger partial charge < -0.3 is 0 Å². The van der Waals surface area contributed by atoms with Crippen molar-refractivity contribution in [2.45, 2.75) is 6.54 Å². The van der Waals surface area contributed by atoms with E-state index >= 15 is 0 Å². The van der Waals surface area contributed by atoms with Crippen LogP contribution in [0.4, 0.5) is 0 Å². The van der Waals surface area contributed by atoms with Gasteiger partial charge in [0, 0.05) is 19.0 Å². The van der Waals surface area contributed by atoms with Crippen molar-refractivity contribution in [2.75, 3.05) is 19.5 Å². The maximum absolute atomic E-state index is 5.52. The van der Waals surface area contributed by atoms with Crippen molar-refractivity contribution >= 4 is 22.9 Å². The minimum absolute atomic E-state index is 0.603. The molecule has 0 N–H and O–H groups in total. The third kappa shape index (κ3) is 4.46. The van der Waals surface area contributed by atoms with Crippen LogP contribution in [0.25, 0.3) is 0 Å². The van der Waals surface area contributed by atoms with Gasteiger partial charge in [0.15, 0.2) is 0 Å². The highest BCUT2D eigenvalue weighted by Gasteiger charge is 1.97. The second-order valence-corrected chi connectivity index (χ2v) is 4.04. The number of hydrogen-bond acceptors (Lipinski definition) is 2. The van der Waals surface area contributed by atoms with Crippen LogP contribution in [-0.2, 0) is 6.54 Å². The van der Waals surface area contributed by atoms with E-state index in [1.165, 1.54) is 5.56 Å². The Bertz CT molecular complexity index is 243. The summed E-state index contributed by atoms with van der Waals surface area (Å²) in [5.74, 6) is 0.603. The van der Waals surface area contributed by atoms with Crippen LogP contribution in [0, 0.1) is 0 Å². The first-order valence-corrected chi connectivity index (χ1v) is 5.71. The first-order chi connectivity index (χ1) is 6.33. The fourth-order valence-corrected chi connectivity index (χ4v) is 1.86. The number of likely N-dealkylation sites (N-methyl/N-ethyl adjacent to an activating group) is 1. The summed E-state index contributed by atoms with van der Waals surface area (Å²) in [7, 11) is 2.11. The third-order valence-corrected chi connectivity index (χ3v) is 2.62. The number of hydrogen-bond donors (Lipinski definition) is 0. The second-order valence-electron chi connectivity index (χ2n) is 2.95. The van der Waals surface area contributed by atoms with Gasteiger partial charge in [0.05, 0.1) is 0 Å². The molecule has 1 rings (SSSR count). The van der Waals surface area contributed by atoms with Crippen molar-refractivity contribution in [3.63, 3.8) is 0 Å². The fraction of sp³-hybridized carbons (Fsp3) is 0.400. The summed E-state index contributed by atoms with van der Waals surface area (Å²) in [6, 6.07) is 2.16. The van der Waals surface area contributed by atoms with Crippen LogP contribution in [0.2, 0.25) is 0 Å². The van der Waals surface area contributed by atoms with Gasteiger partial charge >= 0.3 is 0 Å². The lowest BCUT2D eigenvalue weighted by atomic mass is 10.3. The van der Waals surface area contributed by atoms with Crippen molar-refractivity contribution < 1.29 is 0 Å². The Kier molecular flexibility index (Phi) is 5.13. The topological polar surface area (TPSA) is 3.24 Å². The maximum atomic E-state index is 5.52.